The summed E-state index contributed by atoms with van der Waals surface area (Å²) in [7, 11) is 0. The largest absolute Gasteiger partial charge is 0.489 e. The van der Waals surface area contributed by atoms with Crippen LogP contribution >= 0.6 is 23.2 Å². The van der Waals surface area contributed by atoms with Crippen molar-refractivity contribution in [2.24, 2.45) is 17.8 Å². The van der Waals surface area contributed by atoms with Crippen molar-refractivity contribution in [1.29, 1.82) is 0 Å². The van der Waals surface area contributed by atoms with Crippen LogP contribution in [0.4, 0.5) is 0 Å². The molecule has 4 aliphatic rings. The summed E-state index contributed by atoms with van der Waals surface area (Å²) in [4.78, 5) is 0. The van der Waals surface area contributed by atoms with Gasteiger partial charge in [0.1, 0.15) is 25.0 Å². The minimum absolute atomic E-state index is 0.268. The number of rotatable bonds is 6. The molecule has 0 radical (unpaired) electrons. The topological polar surface area (TPSA) is 46.1 Å². The molecule has 24 heavy (non-hydrogen) atoms. The average Bonchev–Trinajstić information content (AvgIpc) is 2.51. The fraction of sp³-hybridized carbons (Fsp3) is 0.684. The van der Waals surface area contributed by atoms with Crippen molar-refractivity contribution in [1.82, 2.24) is 0 Å². The Morgan fingerprint density at radius 2 is 1.75 bits per heavy atom. The second-order valence-electron chi connectivity index (χ2n) is 8.26. The molecule has 4 aliphatic carbocycles. The van der Waals surface area contributed by atoms with Gasteiger partial charge < -0.3 is 15.2 Å². The Morgan fingerprint density at radius 3 is 2.33 bits per heavy atom. The van der Waals surface area contributed by atoms with Crippen molar-refractivity contribution in [2.75, 3.05) is 13.2 Å². The molecule has 132 valence electrons. The van der Waals surface area contributed by atoms with Crippen LogP contribution in [0.3, 0.4) is 0 Å². The van der Waals surface area contributed by atoms with Gasteiger partial charge in [0.25, 0.3) is 0 Å². The summed E-state index contributed by atoms with van der Waals surface area (Å²) in [5.74, 6) is 3.39. The molecule has 3 nitrogen and oxygen atoms in total. The highest BCUT2D eigenvalue weighted by Gasteiger charge is 2.53. The first-order valence-electron chi connectivity index (χ1n) is 9.12. The molecule has 0 aromatic heterocycles. The number of quaternary nitrogens is 1. The number of aliphatic hydroxyl groups excluding tert-OH is 1. The van der Waals surface area contributed by atoms with Crippen molar-refractivity contribution >= 4 is 23.2 Å². The lowest BCUT2D eigenvalue weighted by Crippen LogP contribution is -3.00. The average molecular weight is 371 g/mol. The number of ether oxygens (including phenoxy) is 1. The van der Waals surface area contributed by atoms with Gasteiger partial charge in [0.2, 0.25) is 0 Å². The van der Waals surface area contributed by atoms with E-state index in [0.717, 1.165) is 17.8 Å². The summed E-state index contributed by atoms with van der Waals surface area (Å²) < 4.78 is 5.66. The summed E-state index contributed by atoms with van der Waals surface area (Å²) in [6.07, 6.45) is 7.90. The van der Waals surface area contributed by atoms with Crippen LogP contribution in [0, 0.1) is 17.8 Å². The lowest BCUT2D eigenvalue weighted by molar-refractivity contribution is -0.743. The normalized spacial score (nSPS) is 35.2. The van der Waals surface area contributed by atoms with Crippen molar-refractivity contribution in [2.45, 2.75) is 50.2 Å². The molecule has 4 bridgehead atoms. The van der Waals surface area contributed by atoms with Gasteiger partial charge in [0.15, 0.2) is 0 Å². The van der Waals surface area contributed by atoms with Gasteiger partial charge in [-0.3, -0.25) is 0 Å². The van der Waals surface area contributed by atoms with E-state index in [0.29, 0.717) is 27.9 Å². The van der Waals surface area contributed by atoms with E-state index in [9.17, 15) is 5.11 Å². The number of aliphatic hydroxyl groups is 1. The molecular formula is C19H26Cl2NO2+. The van der Waals surface area contributed by atoms with Crippen LogP contribution in [0.2, 0.25) is 10.0 Å². The maximum absolute atomic E-state index is 10.3. The molecule has 0 heterocycles. The number of benzene rings is 1. The minimum atomic E-state index is -0.482. The van der Waals surface area contributed by atoms with Crippen LogP contribution in [-0.4, -0.2) is 29.9 Å². The van der Waals surface area contributed by atoms with Gasteiger partial charge in [0, 0.05) is 24.3 Å². The number of nitrogens with two attached hydrogens (primary N) is 1. The monoisotopic (exact) mass is 370 g/mol. The fourth-order valence-electron chi connectivity index (χ4n) is 5.66. The summed E-state index contributed by atoms with van der Waals surface area (Å²) in [6.45, 7) is 0.974. The molecule has 4 fully saturated rings. The highest BCUT2D eigenvalue weighted by atomic mass is 35.5. The standard InChI is InChI=1S/C19H25Cl2NO2/c20-15-1-2-18(17(21)6-15)24-11-16(23)10-22-19-7-12-3-13(8-19)5-14(4-12)9-19/h1-2,6,12-14,16,22-23H,3-5,7-11H2/p+1/t12?,13?,14?,16-,19?/m0/s1. The predicted molar refractivity (Wildman–Crippen MR) is 95.7 cm³/mol. The summed E-state index contributed by atoms with van der Waals surface area (Å²) >= 11 is 12.0. The van der Waals surface area contributed by atoms with Crippen molar-refractivity contribution in [3.05, 3.63) is 28.2 Å². The Kier molecular flexibility index (Phi) is 4.72. The van der Waals surface area contributed by atoms with Gasteiger partial charge in [0.05, 0.1) is 10.6 Å². The second kappa shape index (κ2) is 6.68. The van der Waals surface area contributed by atoms with Crippen LogP contribution in [-0.2, 0) is 0 Å². The van der Waals surface area contributed by atoms with Gasteiger partial charge in [-0.25, -0.2) is 0 Å². The zero-order chi connectivity index (χ0) is 16.7. The van der Waals surface area contributed by atoms with Crippen LogP contribution in [0.5, 0.6) is 5.75 Å². The maximum atomic E-state index is 10.3. The summed E-state index contributed by atoms with van der Waals surface area (Å²) in [6, 6.07) is 5.16. The maximum Gasteiger partial charge on any atom is 0.138 e. The van der Waals surface area contributed by atoms with Gasteiger partial charge in [-0.1, -0.05) is 23.2 Å². The quantitative estimate of drug-likeness (QED) is 0.806. The first-order chi connectivity index (χ1) is 11.5. The molecule has 3 N–H and O–H groups in total. The Labute approximate surface area is 153 Å². The molecule has 5 heteroatoms. The Hall–Kier alpha value is -0.480. The van der Waals surface area contributed by atoms with E-state index < -0.39 is 6.10 Å². The molecule has 5 rings (SSSR count). The van der Waals surface area contributed by atoms with E-state index in [2.05, 4.69) is 5.32 Å². The zero-order valence-corrected chi connectivity index (χ0v) is 15.4. The van der Waals surface area contributed by atoms with Gasteiger partial charge in [-0.05, 0) is 55.2 Å². The molecule has 1 atom stereocenters. The molecular weight excluding hydrogens is 345 g/mol. The highest BCUT2D eigenvalue weighted by molar-refractivity contribution is 6.35. The molecule has 0 aliphatic heterocycles. The third kappa shape index (κ3) is 3.55. The Balaban J connectivity index is 1.28. The second-order valence-corrected chi connectivity index (χ2v) is 9.10. The SMILES string of the molecule is O[C@@H](C[NH2+]C12CC3CC(CC(C3)C1)C2)COc1ccc(Cl)cc1Cl. The first-order valence-corrected chi connectivity index (χ1v) is 9.87. The molecule has 1 aromatic rings. The van der Waals surface area contributed by atoms with E-state index in [-0.39, 0.29) is 6.61 Å². The lowest BCUT2D eigenvalue weighted by atomic mass is 9.53. The summed E-state index contributed by atoms with van der Waals surface area (Å²) in [5, 5.41) is 13.8. The molecule has 1 aromatic carbocycles. The van der Waals surface area contributed by atoms with Gasteiger partial charge in [-0.2, -0.15) is 0 Å². The van der Waals surface area contributed by atoms with E-state index in [1.165, 1.54) is 38.5 Å². The van der Waals surface area contributed by atoms with Crippen LogP contribution in [0.1, 0.15) is 38.5 Å². The van der Waals surface area contributed by atoms with E-state index >= 15 is 0 Å². The molecule has 4 saturated carbocycles. The minimum Gasteiger partial charge on any atom is -0.489 e. The van der Waals surface area contributed by atoms with Crippen LogP contribution in [0.25, 0.3) is 0 Å². The van der Waals surface area contributed by atoms with E-state index in [4.69, 9.17) is 27.9 Å². The smallest absolute Gasteiger partial charge is 0.138 e. The molecule has 0 saturated heterocycles. The number of hydrogen-bond acceptors (Lipinski definition) is 2. The van der Waals surface area contributed by atoms with E-state index in [1.807, 2.05) is 0 Å². The third-order valence-electron chi connectivity index (χ3n) is 6.23. The Bertz CT molecular complexity index is 572. The van der Waals surface area contributed by atoms with E-state index in [1.54, 1.807) is 18.2 Å². The molecule has 0 amide bonds. The third-order valence-corrected chi connectivity index (χ3v) is 6.76. The Morgan fingerprint density at radius 1 is 1.12 bits per heavy atom. The predicted octanol–water partition coefficient (Wildman–Crippen LogP) is 3.27. The number of hydrogen-bond donors (Lipinski definition) is 2. The van der Waals surface area contributed by atoms with Crippen molar-refractivity contribution in [3.8, 4) is 5.75 Å². The lowest BCUT2D eigenvalue weighted by Gasteiger charge is -2.54. The van der Waals surface area contributed by atoms with Gasteiger partial charge >= 0.3 is 0 Å². The highest BCUT2D eigenvalue weighted by Crippen LogP contribution is 2.54. The van der Waals surface area contributed by atoms with Crippen molar-refractivity contribution in [3.63, 3.8) is 0 Å². The summed E-state index contributed by atoms with van der Waals surface area (Å²) in [5.41, 5.74) is 0.396. The van der Waals surface area contributed by atoms with Crippen LogP contribution in [0.15, 0.2) is 18.2 Å². The first kappa shape index (κ1) is 17.0. The molecule has 0 unspecified atom stereocenters. The zero-order valence-electron chi connectivity index (χ0n) is 13.9. The van der Waals surface area contributed by atoms with Crippen LogP contribution < -0.4 is 10.1 Å². The van der Waals surface area contributed by atoms with Crippen molar-refractivity contribution < 1.29 is 15.2 Å². The fourth-order valence-corrected chi connectivity index (χ4v) is 6.12. The number of halogens is 2. The van der Waals surface area contributed by atoms with Gasteiger partial charge in [-0.15, -0.1) is 0 Å². The molecule has 0 spiro atoms.